The topological polar surface area (TPSA) is 0 Å². The lowest BCUT2D eigenvalue weighted by molar-refractivity contribution is 0.764. The zero-order valence-electron chi connectivity index (χ0n) is 8.23. The van der Waals surface area contributed by atoms with Crippen LogP contribution >= 0.6 is 11.8 Å². The lowest BCUT2D eigenvalue weighted by Gasteiger charge is -2.08. The molecule has 1 heteroatoms. The summed E-state index contributed by atoms with van der Waals surface area (Å²) < 4.78 is 0. The molecular formula is C10H22S. The minimum absolute atomic E-state index is 0.886. The average molecular weight is 174 g/mol. The molecule has 0 saturated carbocycles. The molecule has 68 valence electrons. The summed E-state index contributed by atoms with van der Waals surface area (Å²) in [5, 5.41) is 0.886. The fraction of sp³-hybridized carbons (Fsp3) is 1.00. The maximum atomic E-state index is 2.35. The van der Waals surface area contributed by atoms with E-state index in [-0.39, 0.29) is 0 Å². The molecule has 0 N–H and O–H groups in total. The summed E-state index contributed by atoms with van der Waals surface area (Å²) in [7, 11) is 0. The first-order valence-electron chi connectivity index (χ1n) is 4.92. The molecule has 0 aromatic heterocycles. The minimum Gasteiger partial charge on any atom is -0.159 e. The van der Waals surface area contributed by atoms with Crippen molar-refractivity contribution in [2.75, 3.05) is 5.75 Å². The van der Waals surface area contributed by atoms with Gasteiger partial charge >= 0.3 is 0 Å². The third-order valence-electron chi connectivity index (χ3n) is 1.85. The summed E-state index contributed by atoms with van der Waals surface area (Å²) in [4.78, 5) is 0. The van der Waals surface area contributed by atoms with Gasteiger partial charge in [-0.05, 0) is 18.6 Å². The molecule has 1 unspecified atom stereocenters. The number of unbranched alkanes of at least 4 members (excludes halogenated alkanes) is 2. The van der Waals surface area contributed by atoms with Gasteiger partial charge in [-0.2, -0.15) is 11.8 Å². The van der Waals surface area contributed by atoms with Gasteiger partial charge in [0, 0.05) is 5.25 Å². The molecule has 0 fully saturated rings. The van der Waals surface area contributed by atoms with Crippen LogP contribution in [0.2, 0.25) is 0 Å². The lowest BCUT2D eigenvalue weighted by atomic mass is 10.3. The first-order valence-corrected chi connectivity index (χ1v) is 5.97. The van der Waals surface area contributed by atoms with Crippen LogP contribution in [0.25, 0.3) is 0 Å². The second-order valence-corrected chi connectivity index (χ2v) is 4.72. The van der Waals surface area contributed by atoms with E-state index in [0.717, 1.165) is 5.25 Å². The molecule has 0 saturated heterocycles. The maximum Gasteiger partial charge on any atom is 0.00186 e. The van der Waals surface area contributed by atoms with Gasteiger partial charge in [0.15, 0.2) is 0 Å². The molecule has 0 nitrogen and oxygen atoms in total. The van der Waals surface area contributed by atoms with E-state index in [4.69, 9.17) is 0 Å². The Hall–Kier alpha value is 0.350. The fourth-order valence-corrected chi connectivity index (χ4v) is 2.30. The molecule has 1 atom stereocenters. The molecule has 0 spiro atoms. The molecule has 0 aliphatic rings. The molecule has 11 heavy (non-hydrogen) atoms. The Bertz CT molecular complexity index is 71.3. The SMILES string of the molecule is CCCCCSC(C)CCC. The third kappa shape index (κ3) is 8.25. The molecule has 0 aliphatic heterocycles. The van der Waals surface area contributed by atoms with Crippen molar-refractivity contribution < 1.29 is 0 Å². The highest BCUT2D eigenvalue weighted by Crippen LogP contribution is 2.17. The van der Waals surface area contributed by atoms with Crippen molar-refractivity contribution in [2.45, 2.75) is 58.1 Å². The lowest BCUT2D eigenvalue weighted by Crippen LogP contribution is -1.96. The molecular weight excluding hydrogens is 152 g/mol. The average Bonchev–Trinajstić information content (AvgIpc) is 1.99. The Morgan fingerprint density at radius 3 is 2.36 bits per heavy atom. The third-order valence-corrected chi connectivity index (χ3v) is 3.17. The number of rotatable bonds is 7. The first-order chi connectivity index (χ1) is 5.31. The van der Waals surface area contributed by atoms with E-state index in [2.05, 4.69) is 32.5 Å². The quantitative estimate of drug-likeness (QED) is 0.524. The molecule has 0 bridgehead atoms. The summed E-state index contributed by atoms with van der Waals surface area (Å²) >= 11 is 2.14. The first kappa shape index (κ1) is 11.4. The summed E-state index contributed by atoms with van der Waals surface area (Å²) in [5.74, 6) is 1.37. The Morgan fingerprint density at radius 2 is 1.82 bits per heavy atom. The van der Waals surface area contributed by atoms with E-state index in [9.17, 15) is 0 Å². The summed E-state index contributed by atoms with van der Waals surface area (Å²) in [6.45, 7) is 6.88. The van der Waals surface area contributed by atoms with Crippen molar-refractivity contribution in [3.63, 3.8) is 0 Å². The van der Waals surface area contributed by atoms with Crippen LogP contribution in [0.4, 0.5) is 0 Å². The molecule has 0 aliphatic carbocycles. The Morgan fingerprint density at radius 1 is 1.09 bits per heavy atom. The number of thioether (sulfide) groups is 1. The van der Waals surface area contributed by atoms with Crippen molar-refractivity contribution in [3.05, 3.63) is 0 Å². The van der Waals surface area contributed by atoms with Gasteiger partial charge in [-0.15, -0.1) is 0 Å². The molecule has 0 aromatic rings. The Labute approximate surface area is 76.1 Å². The zero-order chi connectivity index (χ0) is 8.53. The number of hydrogen-bond donors (Lipinski definition) is 0. The van der Waals surface area contributed by atoms with Crippen LogP contribution in [0.3, 0.4) is 0 Å². The van der Waals surface area contributed by atoms with Gasteiger partial charge in [0.25, 0.3) is 0 Å². The van der Waals surface area contributed by atoms with Gasteiger partial charge in [0.1, 0.15) is 0 Å². The van der Waals surface area contributed by atoms with Gasteiger partial charge in [-0.25, -0.2) is 0 Å². The second kappa shape index (κ2) is 8.45. The van der Waals surface area contributed by atoms with Crippen LogP contribution in [0, 0.1) is 0 Å². The molecule has 0 aromatic carbocycles. The van der Waals surface area contributed by atoms with E-state index < -0.39 is 0 Å². The predicted molar refractivity (Wildman–Crippen MR) is 56.4 cm³/mol. The highest BCUT2D eigenvalue weighted by molar-refractivity contribution is 7.99. The van der Waals surface area contributed by atoms with Gasteiger partial charge in [0.05, 0.1) is 0 Å². The molecule has 0 radical (unpaired) electrons. The summed E-state index contributed by atoms with van der Waals surface area (Å²) in [5.41, 5.74) is 0. The van der Waals surface area contributed by atoms with Gasteiger partial charge in [-0.3, -0.25) is 0 Å². The highest BCUT2D eigenvalue weighted by atomic mass is 32.2. The van der Waals surface area contributed by atoms with Gasteiger partial charge < -0.3 is 0 Å². The van der Waals surface area contributed by atoms with Crippen LogP contribution < -0.4 is 0 Å². The zero-order valence-corrected chi connectivity index (χ0v) is 9.04. The fourth-order valence-electron chi connectivity index (χ4n) is 1.13. The summed E-state index contributed by atoms with van der Waals surface area (Å²) in [6.07, 6.45) is 6.89. The van der Waals surface area contributed by atoms with Crippen LogP contribution in [-0.2, 0) is 0 Å². The second-order valence-electron chi connectivity index (χ2n) is 3.18. The maximum absolute atomic E-state index is 2.35. The highest BCUT2D eigenvalue weighted by Gasteiger charge is 1.99. The normalized spacial score (nSPS) is 13.4. The van der Waals surface area contributed by atoms with E-state index in [1.165, 1.54) is 37.9 Å². The van der Waals surface area contributed by atoms with Crippen LogP contribution in [0.15, 0.2) is 0 Å². The van der Waals surface area contributed by atoms with Gasteiger partial charge in [0.2, 0.25) is 0 Å². The largest absolute Gasteiger partial charge is 0.159 e. The standard InChI is InChI=1S/C10H22S/c1-4-6-7-9-11-10(3)8-5-2/h10H,4-9H2,1-3H3. The smallest absolute Gasteiger partial charge is 0.00186 e. The Kier molecular flexibility index (Phi) is 8.72. The van der Waals surface area contributed by atoms with Crippen LogP contribution in [-0.4, -0.2) is 11.0 Å². The molecule has 0 amide bonds. The molecule has 0 rings (SSSR count). The van der Waals surface area contributed by atoms with Crippen LogP contribution in [0.5, 0.6) is 0 Å². The van der Waals surface area contributed by atoms with E-state index in [1.54, 1.807) is 0 Å². The Balaban J connectivity index is 2.97. The number of hydrogen-bond acceptors (Lipinski definition) is 1. The minimum atomic E-state index is 0.886. The van der Waals surface area contributed by atoms with Crippen molar-refractivity contribution >= 4 is 11.8 Å². The van der Waals surface area contributed by atoms with Crippen molar-refractivity contribution in [3.8, 4) is 0 Å². The van der Waals surface area contributed by atoms with Gasteiger partial charge in [-0.1, -0.05) is 40.0 Å². The van der Waals surface area contributed by atoms with E-state index >= 15 is 0 Å². The van der Waals surface area contributed by atoms with Crippen molar-refractivity contribution in [2.24, 2.45) is 0 Å². The van der Waals surface area contributed by atoms with Crippen molar-refractivity contribution in [1.29, 1.82) is 0 Å². The van der Waals surface area contributed by atoms with Crippen LogP contribution in [0.1, 0.15) is 52.9 Å². The summed E-state index contributed by atoms with van der Waals surface area (Å²) in [6, 6.07) is 0. The van der Waals surface area contributed by atoms with E-state index in [1.807, 2.05) is 0 Å². The van der Waals surface area contributed by atoms with Crippen molar-refractivity contribution in [1.82, 2.24) is 0 Å². The molecule has 0 heterocycles. The predicted octanol–water partition coefficient (Wildman–Crippen LogP) is 4.10. The monoisotopic (exact) mass is 174 g/mol. The van der Waals surface area contributed by atoms with E-state index in [0.29, 0.717) is 0 Å².